The molecule has 0 spiro atoms. The number of rotatable bonds is 10. The lowest BCUT2D eigenvalue weighted by Crippen LogP contribution is -2.33. The van der Waals surface area contributed by atoms with Crippen molar-refractivity contribution in [2.24, 2.45) is 0 Å². The van der Waals surface area contributed by atoms with Gasteiger partial charge in [0, 0.05) is 19.6 Å². The Morgan fingerprint density at radius 2 is 2.03 bits per heavy atom. The van der Waals surface area contributed by atoms with Gasteiger partial charge in [-0.05, 0) is 43.5 Å². The van der Waals surface area contributed by atoms with Crippen LogP contribution in [0.5, 0.6) is 5.75 Å². The van der Waals surface area contributed by atoms with E-state index in [0.717, 1.165) is 37.6 Å². The Bertz CT molecular complexity index is 1120. The van der Waals surface area contributed by atoms with Crippen molar-refractivity contribution in [2.75, 3.05) is 37.4 Å². The molecule has 0 bridgehead atoms. The number of furan rings is 1. The van der Waals surface area contributed by atoms with Gasteiger partial charge in [0.15, 0.2) is 5.16 Å². The van der Waals surface area contributed by atoms with Gasteiger partial charge in [0.25, 0.3) is 0 Å². The van der Waals surface area contributed by atoms with Crippen molar-refractivity contribution < 1.29 is 13.9 Å². The Kier molecular flexibility index (Phi) is 8.09. The molecular weight excluding hydrogens is 452 g/mol. The van der Waals surface area contributed by atoms with Crippen LogP contribution in [0.3, 0.4) is 0 Å². The zero-order valence-corrected chi connectivity index (χ0v) is 20.0. The molecule has 34 heavy (non-hydrogen) atoms. The molecule has 1 amide bonds. The Morgan fingerprint density at radius 1 is 1.21 bits per heavy atom. The van der Waals surface area contributed by atoms with E-state index in [1.165, 1.54) is 18.2 Å². The number of benzene rings is 1. The molecule has 2 aromatic heterocycles. The lowest BCUT2D eigenvalue weighted by Gasteiger charge is -2.28. The normalized spacial score (nSPS) is 13.5. The number of thioether (sulfide) groups is 1. The fourth-order valence-electron chi connectivity index (χ4n) is 3.96. The number of carbonyl (C=O) groups excluding carboxylic acids is 1. The van der Waals surface area contributed by atoms with E-state index in [1.807, 2.05) is 34.9 Å². The van der Waals surface area contributed by atoms with Gasteiger partial charge < -0.3 is 19.0 Å². The third-order valence-corrected chi connectivity index (χ3v) is 6.59. The number of methoxy groups -OCH3 is 1. The van der Waals surface area contributed by atoms with Crippen LogP contribution < -0.4 is 9.64 Å². The molecule has 0 N–H and O–H groups in total. The minimum Gasteiger partial charge on any atom is -0.495 e. The zero-order chi connectivity index (χ0) is 23.8. The average Bonchev–Trinajstić information content (AvgIpc) is 3.55. The van der Waals surface area contributed by atoms with Gasteiger partial charge in [-0.2, -0.15) is 5.26 Å². The van der Waals surface area contributed by atoms with Gasteiger partial charge >= 0.3 is 0 Å². The summed E-state index contributed by atoms with van der Waals surface area (Å²) < 4.78 is 13.0. The molecule has 3 aromatic rings. The monoisotopic (exact) mass is 480 g/mol. The highest BCUT2D eigenvalue weighted by Crippen LogP contribution is 2.33. The number of anilines is 1. The number of hydrogen-bond acceptors (Lipinski definition) is 8. The predicted octanol–water partition coefficient (Wildman–Crippen LogP) is 3.89. The topological polar surface area (TPSA) is 100 Å². The quantitative estimate of drug-likeness (QED) is 0.403. The second-order valence-corrected chi connectivity index (χ2v) is 8.87. The van der Waals surface area contributed by atoms with E-state index in [2.05, 4.69) is 21.2 Å². The van der Waals surface area contributed by atoms with E-state index in [9.17, 15) is 4.79 Å². The van der Waals surface area contributed by atoms with Gasteiger partial charge in [0.1, 0.15) is 11.5 Å². The Hall–Kier alpha value is -3.45. The zero-order valence-electron chi connectivity index (χ0n) is 19.2. The number of ether oxygens (including phenoxy) is 1. The van der Waals surface area contributed by atoms with E-state index in [1.54, 1.807) is 24.3 Å². The summed E-state index contributed by atoms with van der Waals surface area (Å²) in [5, 5.41) is 18.6. The maximum atomic E-state index is 13.1. The molecule has 178 valence electrons. The second-order valence-electron chi connectivity index (χ2n) is 7.93. The number of para-hydroxylation sites is 2. The number of piperidine rings is 1. The van der Waals surface area contributed by atoms with Crippen LogP contribution in [0.4, 0.5) is 5.95 Å². The number of aromatic nitrogens is 3. The fraction of sp³-hybridized carbons (Fsp3) is 0.417. The van der Waals surface area contributed by atoms with Crippen molar-refractivity contribution in [1.82, 2.24) is 19.7 Å². The van der Waals surface area contributed by atoms with Crippen LogP contribution in [-0.2, 0) is 11.3 Å². The number of carbonyl (C=O) groups is 1. The Morgan fingerprint density at radius 3 is 2.76 bits per heavy atom. The predicted molar refractivity (Wildman–Crippen MR) is 129 cm³/mol. The van der Waals surface area contributed by atoms with Crippen LogP contribution in [0.1, 0.15) is 31.4 Å². The summed E-state index contributed by atoms with van der Waals surface area (Å²) in [7, 11) is 1.64. The van der Waals surface area contributed by atoms with Crippen LogP contribution in [0.15, 0.2) is 52.2 Å². The van der Waals surface area contributed by atoms with E-state index < -0.39 is 0 Å². The van der Waals surface area contributed by atoms with Crippen LogP contribution in [0.2, 0.25) is 0 Å². The average molecular weight is 481 g/mol. The molecular formula is C24H28N6O3S. The number of nitrogens with zero attached hydrogens (tertiary/aromatic N) is 6. The summed E-state index contributed by atoms with van der Waals surface area (Å²) in [5.74, 6) is 2.23. The van der Waals surface area contributed by atoms with Crippen molar-refractivity contribution >= 4 is 23.6 Å². The molecule has 0 unspecified atom stereocenters. The molecule has 0 radical (unpaired) electrons. The second kappa shape index (κ2) is 11.6. The van der Waals surface area contributed by atoms with Crippen LogP contribution in [-0.4, -0.2) is 58.1 Å². The first kappa shape index (κ1) is 23.7. The van der Waals surface area contributed by atoms with Gasteiger partial charge in [-0.25, -0.2) is 0 Å². The van der Waals surface area contributed by atoms with Crippen molar-refractivity contribution in [1.29, 1.82) is 5.26 Å². The van der Waals surface area contributed by atoms with Gasteiger partial charge in [-0.3, -0.25) is 9.36 Å². The van der Waals surface area contributed by atoms with Crippen molar-refractivity contribution in [2.45, 2.75) is 37.4 Å². The van der Waals surface area contributed by atoms with E-state index in [0.29, 0.717) is 29.8 Å². The summed E-state index contributed by atoms with van der Waals surface area (Å²) in [6.45, 7) is 2.51. The molecule has 1 saturated heterocycles. The number of amides is 1. The minimum absolute atomic E-state index is 0.0919. The minimum atomic E-state index is -0.0919. The molecule has 9 nitrogen and oxygen atoms in total. The molecule has 1 aromatic carbocycles. The molecule has 1 fully saturated rings. The Balaban J connectivity index is 1.57. The lowest BCUT2D eigenvalue weighted by atomic mass is 10.1. The van der Waals surface area contributed by atoms with Crippen LogP contribution in [0, 0.1) is 11.3 Å². The summed E-state index contributed by atoms with van der Waals surface area (Å²) >= 11 is 1.33. The molecule has 1 aliphatic rings. The molecule has 10 heteroatoms. The van der Waals surface area contributed by atoms with E-state index in [4.69, 9.17) is 14.4 Å². The number of nitriles is 1. The maximum Gasteiger partial charge on any atom is 0.233 e. The van der Waals surface area contributed by atoms with Gasteiger partial charge in [-0.1, -0.05) is 23.9 Å². The third kappa shape index (κ3) is 5.54. The highest BCUT2D eigenvalue weighted by Gasteiger charge is 2.24. The first-order valence-corrected chi connectivity index (χ1v) is 12.3. The molecule has 4 rings (SSSR count). The standard InChI is InChI=1S/C24H28N6O3S/c1-32-21-11-4-3-10-20(21)30-23(28-13-5-2-6-14-28)26-27-24(30)34-18-22(31)29(15-8-12-25)17-19-9-7-16-33-19/h3-4,7,9-11,16H,2,5-6,8,13-15,17-18H2,1H3. The largest absolute Gasteiger partial charge is 0.495 e. The Labute approximate surface area is 203 Å². The molecule has 1 aliphatic heterocycles. The van der Waals surface area contributed by atoms with Crippen molar-refractivity contribution in [3.05, 3.63) is 48.4 Å². The van der Waals surface area contributed by atoms with Crippen molar-refractivity contribution in [3.8, 4) is 17.5 Å². The third-order valence-electron chi connectivity index (χ3n) is 5.68. The van der Waals surface area contributed by atoms with Crippen molar-refractivity contribution in [3.63, 3.8) is 0 Å². The van der Waals surface area contributed by atoms with E-state index in [-0.39, 0.29) is 18.1 Å². The highest BCUT2D eigenvalue weighted by molar-refractivity contribution is 7.99. The smallest absolute Gasteiger partial charge is 0.233 e. The number of hydrogen-bond donors (Lipinski definition) is 0. The molecule has 3 heterocycles. The fourth-order valence-corrected chi connectivity index (χ4v) is 4.81. The van der Waals surface area contributed by atoms with Gasteiger partial charge in [0.05, 0.1) is 43.8 Å². The maximum absolute atomic E-state index is 13.1. The van der Waals surface area contributed by atoms with Crippen LogP contribution >= 0.6 is 11.8 Å². The lowest BCUT2D eigenvalue weighted by molar-refractivity contribution is -0.129. The van der Waals surface area contributed by atoms with Gasteiger partial charge in [0.2, 0.25) is 11.9 Å². The highest BCUT2D eigenvalue weighted by atomic mass is 32.2. The SMILES string of the molecule is COc1ccccc1-n1c(SCC(=O)N(CCC#N)Cc2ccco2)nnc1N1CCCCC1. The first-order chi connectivity index (χ1) is 16.7. The van der Waals surface area contributed by atoms with E-state index >= 15 is 0 Å². The van der Waals surface area contributed by atoms with Gasteiger partial charge in [-0.15, -0.1) is 10.2 Å². The molecule has 0 saturated carbocycles. The molecule has 0 aliphatic carbocycles. The molecule has 0 atom stereocenters. The van der Waals surface area contributed by atoms with Crippen LogP contribution in [0.25, 0.3) is 5.69 Å². The summed E-state index contributed by atoms with van der Waals surface area (Å²) in [6, 6.07) is 13.5. The summed E-state index contributed by atoms with van der Waals surface area (Å²) in [6.07, 6.45) is 5.27. The summed E-state index contributed by atoms with van der Waals surface area (Å²) in [4.78, 5) is 17.0. The first-order valence-electron chi connectivity index (χ1n) is 11.3. The summed E-state index contributed by atoms with van der Waals surface area (Å²) in [5.41, 5.74) is 0.836.